The first kappa shape index (κ1) is 18.6. The van der Waals surface area contributed by atoms with Crippen molar-refractivity contribution in [3.8, 4) is 0 Å². The van der Waals surface area contributed by atoms with Gasteiger partial charge < -0.3 is 4.74 Å². The van der Waals surface area contributed by atoms with Crippen LogP contribution in [-0.2, 0) is 24.8 Å². The Bertz CT molecular complexity index is 734. The topological polar surface area (TPSA) is 92.8 Å². The highest BCUT2D eigenvalue weighted by molar-refractivity contribution is 7.90. The normalized spacial score (nSPS) is 20.5. The van der Waals surface area contributed by atoms with Gasteiger partial charge in [-0.3, -0.25) is 0 Å². The van der Waals surface area contributed by atoms with Gasteiger partial charge in [-0.25, -0.2) is 21.6 Å². The van der Waals surface area contributed by atoms with Crippen LogP contribution in [0.2, 0.25) is 5.02 Å². The van der Waals surface area contributed by atoms with Gasteiger partial charge in [0.25, 0.3) is 0 Å². The summed E-state index contributed by atoms with van der Waals surface area (Å²) in [5, 5.41) is 0.424. The molecule has 1 fully saturated rings. The third kappa shape index (κ3) is 4.88. The summed E-state index contributed by atoms with van der Waals surface area (Å²) in [6.07, 6.45) is 0. The number of morpholine rings is 1. The lowest BCUT2D eigenvalue weighted by Gasteiger charge is -2.32. The number of rotatable bonds is 6. The van der Waals surface area contributed by atoms with Gasteiger partial charge in [-0.2, -0.15) is 4.31 Å². The fourth-order valence-electron chi connectivity index (χ4n) is 2.24. The second kappa shape index (κ2) is 7.45. The van der Waals surface area contributed by atoms with E-state index in [4.69, 9.17) is 16.3 Å². The van der Waals surface area contributed by atoms with Gasteiger partial charge in [0.05, 0.1) is 23.9 Å². The van der Waals surface area contributed by atoms with E-state index in [1.807, 2.05) is 0 Å². The molecule has 130 valence electrons. The van der Waals surface area contributed by atoms with E-state index in [1.165, 1.54) is 28.6 Å². The molecule has 2 rings (SSSR count). The van der Waals surface area contributed by atoms with Crippen LogP contribution in [0.5, 0.6) is 0 Å². The Kier molecular flexibility index (Phi) is 6.04. The van der Waals surface area contributed by atoms with Crippen molar-refractivity contribution in [3.63, 3.8) is 0 Å². The van der Waals surface area contributed by atoms with E-state index in [2.05, 4.69) is 4.72 Å². The van der Waals surface area contributed by atoms with Crippen LogP contribution in [0.1, 0.15) is 6.92 Å². The minimum absolute atomic E-state index is 0.0408. The number of nitrogens with one attached hydrogen (secondary N) is 1. The molecule has 1 aliphatic rings. The average Bonchev–Trinajstić information content (AvgIpc) is 2.47. The zero-order valence-electron chi connectivity index (χ0n) is 12.6. The van der Waals surface area contributed by atoms with E-state index in [1.54, 1.807) is 6.92 Å². The first-order valence-corrected chi connectivity index (χ1v) is 10.5. The molecule has 1 aromatic carbocycles. The van der Waals surface area contributed by atoms with Crippen LogP contribution in [-0.4, -0.2) is 59.2 Å². The molecule has 7 nitrogen and oxygen atoms in total. The van der Waals surface area contributed by atoms with E-state index in [9.17, 15) is 16.8 Å². The molecule has 0 radical (unpaired) electrons. The molecule has 1 N–H and O–H groups in total. The van der Waals surface area contributed by atoms with Crippen molar-refractivity contribution in [2.75, 3.05) is 32.1 Å². The molecule has 0 aliphatic carbocycles. The van der Waals surface area contributed by atoms with Crippen LogP contribution in [0.4, 0.5) is 0 Å². The highest BCUT2D eigenvalue weighted by Crippen LogP contribution is 2.15. The predicted molar refractivity (Wildman–Crippen MR) is 87.4 cm³/mol. The third-order valence-electron chi connectivity index (χ3n) is 3.44. The lowest BCUT2D eigenvalue weighted by Crippen LogP contribution is -2.49. The molecule has 1 atom stereocenters. The minimum atomic E-state index is -3.76. The number of benzene rings is 1. The van der Waals surface area contributed by atoms with Crippen LogP contribution in [0.3, 0.4) is 0 Å². The lowest BCUT2D eigenvalue weighted by molar-refractivity contribution is 0.0393. The summed E-state index contributed by atoms with van der Waals surface area (Å²) in [5.74, 6) is -0.301. The molecular formula is C13H19ClN2O5S2. The number of halogens is 1. The van der Waals surface area contributed by atoms with E-state index >= 15 is 0 Å². The molecule has 1 unspecified atom stereocenters. The predicted octanol–water partition coefficient (Wildman–Crippen LogP) is 0.669. The van der Waals surface area contributed by atoms with Gasteiger partial charge in [-0.1, -0.05) is 11.6 Å². The number of sulfonamides is 2. The molecule has 0 aromatic heterocycles. The second-order valence-corrected chi connectivity index (χ2v) is 9.45. The Labute approximate surface area is 141 Å². The quantitative estimate of drug-likeness (QED) is 0.780. The fraction of sp³-hybridized carbons (Fsp3) is 0.538. The van der Waals surface area contributed by atoms with Gasteiger partial charge in [-0.05, 0) is 31.2 Å². The summed E-state index contributed by atoms with van der Waals surface area (Å²) in [5.41, 5.74) is 0. The number of hydrogen-bond donors (Lipinski definition) is 1. The lowest BCUT2D eigenvalue weighted by atomic mass is 10.3. The maximum absolute atomic E-state index is 12.3. The summed E-state index contributed by atoms with van der Waals surface area (Å²) < 4.78 is 57.6. The SMILES string of the molecule is CC1COCCN1S(=O)(=O)CCNS(=O)(=O)c1ccc(Cl)cc1. The summed E-state index contributed by atoms with van der Waals surface area (Å²) in [4.78, 5) is 0.0408. The zero-order valence-corrected chi connectivity index (χ0v) is 15.0. The molecule has 23 heavy (non-hydrogen) atoms. The largest absolute Gasteiger partial charge is 0.378 e. The van der Waals surface area contributed by atoms with E-state index in [0.29, 0.717) is 18.2 Å². The van der Waals surface area contributed by atoms with E-state index < -0.39 is 20.0 Å². The molecule has 1 heterocycles. The molecule has 1 aliphatic heterocycles. The average molecular weight is 383 g/mol. The Morgan fingerprint density at radius 2 is 1.91 bits per heavy atom. The Balaban J connectivity index is 1.96. The number of ether oxygens (including phenoxy) is 1. The van der Waals surface area contributed by atoms with Crippen molar-refractivity contribution in [1.82, 2.24) is 9.03 Å². The van der Waals surface area contributed by atoms with Crippen molar-refractivity contribution in [2.45, 2.75) is 17.9 Å². The van der Waals surface area contributed by atoms with Crippen molar-refractivity contribution in [2.24, 2.45) is 0 Å². The maximum Gasteiger partial charge on any atom is 0.240 e. The second-order valence-electron chi connectivity index (χ2n) is 5.20. The highest BCUT2D eigenvalue weighted by Gasteiger charge is 2.30. The van der Waals surface area contributed by atoms with E-state index in [-0.39, 0.29) is 29.8 Å². The monoisotopic (exact) mass is 382 g/mol. The summed E-state index contributed by atoms with van der Waals surface area (Å²) in [6, 6.07) is 5.40. The van der Waals surface area contributed by atoms with Gasteiger partial charge >= 0.3 is 0 Å². The van der Waals surface area contributed by atoms with Gasteiger partial charge in [0.2, 0.25) is 20.0 Å². The molecular weight excluding hydrogens is 364 g/mol. The molecule has 0 saturated carbocycles. The minimum Gasteiger partial charge on any atom is -0.378 e. The molecule has 0 amide bonds. The van der Waals surface area contributed by atoms with Gasteiger partial charge in [0.1, 0.15) is 0 Å². The summed E-state index contributed by atoms with van der Waals surface area (Å²) in [6.45, 7) is 2.54. The molecule has 1 saturated heterocycles. The molecule has 0 bridgehead atoms. The molecule has 1 aromatic rings. The first-order chi connectivity index (χ1) is 10.7. The molecule has 10 heteroatoms. The van der Waals surface area contributed by atoms with Crippen LogP contribution in [0.25, 0.3) is 0 Å². The first-order valence-electron chi connectivity index (χ1n) is 7.05. The highest BCUT2D eigenvalue weighted by atomic mass is 35.5. The van der Waals surface area contributed by atoms with Crippen LogP contribution >= 0.6 is 11.6 Å². The van der Waals surface area contributed by atoms with Crippen molar-refractivity contribution >= 4 is 31.6 Å². The van der Waals surface area contributed by atoms with Crippen LogP contribution in [0.15, 0.2) is 29.2 Å². The standard InChI is InChI=1S/C13H19ClN2O5S2/c1-11-10-21-8-7-16(11)22(17,18)9-6-15-23(19,20)13-4-2-12(14)3-5-13/h2-5,11,15H,6-10H2,1H3. The number of nitrogens with zero attached hydrogens (tertiary/aromatic N) is 1. The third-order valence-corrected chi connectivity index (χ3v) is 7.15. The zero-order chi connectivity index (χ0) is 17.1. The van der Waals surface area contributed by atoms with Crippen molar-refractivity contribution in [3.05, 3.63) is 29.3 Å². The van der Waals surface area contributed by atoms with Crippen LogP contribution in [0, 0.1) is 0 Å². The Morgan fingerprint density at radius 3 is 2.52 bits per heavy atom. The van der Waals surface area contributed by atoms with E-state index in [0.717, 1.165) is 0 Å². The van der Waals surface area contributed by atoms with Gasteiger partial charge in [-0.15, -0.1) is 0 Å². The van der Waals surface area contributed by atoms with Crippen molar-refractivity contribution in [1.29, 1.82) is 0 Å². The maximum atomic E-state index is 12.3. The summed E-state index contributed by atoms with van der Waals surface area (Å²) in [7, 11) is -7.30. The van der Waals surface area contributed by atoms with Gasteiger partial charge in [0, 0.05) is 24.2 Å². The Morgan fingerprint density at radius 1 is 1.26 bits per heavy atom. The van der Waals surface area contributed by atoms with Gasteiger partial charge in [0.15, 0.2) is 0 Å². The fourth-order valence-corrected chi connectivity index (χ4v) is 5.09. The Hall–Kier alpha value is -0.710. The van der Waals surface area contributed by atoms with Crippen LogP contribution < -0.4 is 4.72 Å². The molecule has 0 spiro atoms. The number of hydrogen-bond acceptors (Lipinski definition) is 5. The van der Waals surface area contributed by atoms with Crippen molar-refractivity contribution < 1.29 is 21.6 Å². The summed E-state index contributed by atoms with van der Waals surface area (Å²) >= 11 is 5.72. The smallest absolute Gasteiger partial charge is 0.240 e.